The molecule has 1 aromatic rings. The van der Waals surface area contributed by atoms with E-state index in [1.54, 1.807) is 0 Å². The van der Waals surface area contributed by atoms with Gasteiger partial charge in [0.2, 0.25) is 5.76 Å². The number of aryl methyl sites for hydroxylation is 1. The Bertz CT molecular complexity index is 381. The van der Waals surface area contributed by atoms with Crippen molar-refractivity contribution >= 4 is 0 Å². The molecule has 0 amide bonds. The monoisotopic (exact) mass is 248 g/mol. The van der Waals surface area contributed by atoms with Crippen LogP contribution in [0.5, 0.6) is 0 Å². The van der Waals surface area contributed by atoms with Crippen LogP contribution in [0, 0.1) is 6.92 Å². The van der Waals surface area contributed by atoms with Gasteiger partial charge in [-0.25, -0.2) is 4.98 Å². The van der Waals surface area contributed by atoms with Gasteiger partial charge in [0.1, 0.15) is 0 Å². The number of piperidine rings is 1. The van der Waals surface area contributed by atoms with Crippen LogP contribution in [0.2, 0.25) is 0 Å². The van der Waals surface area contributed by atoms with Crippen LogP contribution in [-0.2, 0) is 12.6 Å². The van der Waals surface area contributed by atoms with E-state index in [1.807, 2.05) is 0 Å². The topological polar surface area (TPSA) is 38.1 Å². The first kappa shape index (κ1) is 12.4. The third-order valence-corrected chi connectivity index (χ3v) is 2.93. The van der Waals surface area contributed by atoms with Crippen LogP contribution in [0.15, 0.2) is 4.42 Å². The average Bonchev–Trinajstić information content (AvgIpc) is 2.60. The van der Waals surface area contributed by atoms with E-state index in [1.165, 1.54) is 6.92 Å². The predicted octanol–water partition coefficient (Wildman–Crippen LogP) is 2.69. The molecule has 0 aliphatic carbocycles. The van der Waals surface area contributed by atoms with E-state index in [0.29, 0.717) is 6.42 Å². The Hall–Kier alpha value is -1.04. The summed E-state index contributed by atoms with van der Waals surface area (Å²) in [6.45, 7) is 2.24. The number of rotatable bonds is 2. The Morgan fingerprint density at radius 3 is 2.71 bits per heavy atom. The van der Waals surface area contributed by atoms with Gasteiger partial charge in [0.25, 0.3) is 0 Å². The standard InChI is InChI=1S/C11H15F3N2O/c1-7-10(11(12,13)14)17-9(16-7)6-8-4-2-3-5-15-8/h8,15H,2-6H2,1H3. The van der Waals surface area contributed by atoms with Gasteiger partial charge in [0.15, 0.2) is 5.89 Å². The van der Waals surface area contributed by atoms with Gasteiger partial charge in [0.05, 0.1) is 5.69 Å². The SMILES string of the molecule is Cc1nc(CC2CCCCN2)oc1C(F)(F)F. The van der Waals surface area contributed by atoms with Crippen molar-refractivity contribution in [2.24, 2.45) is 0 Å². The third-order valence-electron chi connectivity index (χ3n) is 2.93. The second-order valence-electron chi connectivity index (χ2n) is 4.37. The number of alkyl halides is 3. The van der Waals surface area contributed by atoms with Gasteiger partial charge >= 0.3 is 6.18 Å². The molecule has 1 atom stereocenters. The molecule has 1 aliphatic rings. The molecule has 2 heterocycles. The average molecular weight is 248 g/mol. The lowest BCUT2D eigenvalue weighted by Crippen LogP contribution is -2.35. The summed E-state index contributed by atoms with van der Waals surface area (Å²) >= 11 is 0. The first-order chi connectivity index (χ1) is 7.97. The Kier molecular flexibility index (Phi) is 3.42. The lowest BCUT2D eigenvalue weighted by atomic mass is 10.0. The minimum Gasteiger partial charge on any atom is -0.436 e. The molecular formula is C11H15F3N2O. The molecule has 1 fully saturated rings. The maximum Gasteiger partial charge on any atom is 0.451 e. The predicted molar refractivity (Wildman–Crippen MR) is 55.6 cm³/mol. The second-order valence-corrected chi connectivity index (χ2v) is 4.37. The first-order valence-corrected chi connectivity index (χ1v) is 5.73. The second kappa shape index (κ2) is 4.68. The maximum atomic E-state index is 12.5. The van der Waals surface area contributed by atoms with Gasteiger partial charge in [-0.05, 0) is 26.3 Å². The molecule has 0 saturated carbocycles. The fourth-order valence-electron chi connectivity index (χ4n) is 2.11. The quantitative estimate of drug-likeness (QED) is 0.874. The maximum absolute atomic E-state index is 12.5. The number of halogens is 3. The number of oxazole rings is 1. The summed E-state index contributed by atoms with van der Waals surface area (Å²) < 4.78 is 42.3. The highest BCUT2D eigenvalue weighted by molar-refractivity contribution is 5.11. The molecule has 0 spiro atoms. The van der Waals surface area contributed by atoms with Crippen molar-refractivity contribution in [3.8, 4) is 0 Å². The molecule has 1 unspecified atom stereocenters. The number of nitrogens with zero attached hydrogens (tertiary/aromatic N) is 1. The van der Waals surface area contributed by atoms with E-state index in [-0.39, 0.29) is 17.6 Å². The van der Waals surface area contributed by atoms with Crippen LogP contribution >= 0.6 is 0 Å². The molecule has 2 rings (SSSR count). The molecule has 0 aromatic carbocycles. The molecule has 1 aliphatic heterocycles. The molecule has 1 aromatic heterocycles. The van der Waals surface area contributed by atoms with Crippen LogP contribution in [0.1, 0.15) is 36.6 Å². The molecule has 3 nitrogen and oxygen atoms in total. The van der Waals surface area contributed by atoms with Crippen molar-refractivity contribution in [3.63, 3.8) is 0 Å². The van der Waals surface area contributed by atoms with E-state index in [9.17, 15) is 13.2 Å². The fraction of sp³-hybridized carbons (Fsp3) is 0.727. The van der Waals surface area contributed by atoms with Crippen LogP contribution < -0.4 is 5.32 Å². The van der Waals surface area contributed by atoms with E-state index in [2.05, 4.69) is 10.3 Å². The normalized spacial score (nSPS) is 21.8. The number of nitrogens with one attached hydrogen (secondary N) is 1. The molecule has 17 heavy (non-hydrogen) atoms. The molecular weight excluding hydrogens is 233 g/mol. The van der Waals surface area contributed by atoms with Crippen LogP contribution in [0.25, 0.3) is 0 Å². The summed E-state index contributed by atoms with van der Waals surface area (Å²) in [5.74, 6) is -0.794. The molecule has 1 N–H and O–H groups in total. The molecule has 6 heteroatoms. The zero-order chi connectivity index (χ0) is 12.5. The zero-order valence-corrected chi connectivity index (χ0v) is 9.60. The van der Waals surface area contributed by atoms with E-state index < -0.39 is 11.9 Å². The molecule has 96 valence electrons. The largest absolute Gasteiger partial charge is 0.451 e. The van der Waals surface area contributed by atoms with Crippen molar-refractivity contribution in [2.75, 3.05) is 6.54 Å². The third kappa shape index (κ3) is 3.00. The smallest absolute Gasteiger partial charge is 0.436 e. The number of hydrogen-bond donors (Lipinski definition) is 1. The first-order valence-electron chi connectivity index (χ1n) is 5.73. The summed E-state index contributed by atoms with van der Waals surface area (Å²) in [4.78, 5) is 3.84. The minimum atomic E-state index is -4.45. The van der Waals surface area contributed by atoms with Crippen molar-refractivity contribution in [1.82, 2.24) is 10.3 Å². The van der Waals surface area contributed by atoms with Crippen molar-refractivity contribution in [3.05, 3.63) is 17.3 Å². The summed E-state index contributed by atoms with van der Waals surface area (Å²) in [6, 6.07) is 0.183. The van der Waals surface area contributed by atoms with Gasteiger partial charge in [-0.1, -0.05) is 6.42 Å². The van der Waals surface area contributed by atoms with Gasteiger partial charge < -0.3 is 9.73 Å². The zero-order valence-electron chi connectivity index (χ0n) is 9.60. The highest BCUT2D eigenvalue weighted by Gasteiger charge is 2.38. The van der Waals surface area contributed by atoms with Gasteiger partial charge in [-0.3, -0.25) is 0 Å². The Labute approximate surface area is 97.4 Å². The lowest BCUT2D eigenvalue weighted by molar-refractivity contribution is -0.154. The Morgan fingerprint density at radius 2 is 2.18 bits per heavy atom. The van der Waals surface area contributed by atoms with Crippen molar-refractivity contribution in [1.29, 1.82) is 0 Å². The van der Waals surface area contributed by atoms with E-state index in [4.69, 9.17) is 4.42 Å². The van der Waals surface area contributed by atoms with Gasteiger partial charge in [0, 0.05) is 12.5 Å². The Morgan fingerprint density at radius 1 is 1.41 bits per heavy atom. The lowest BCUT2D eigenvalue weighted by Gasteiger charge is -2.21. The van der Waals surface area contributed by atoms with Gasteiger partial charge in [-0.15, -0.1) is 0 Å². The van der Waals surface area contributed by atoms with E-state index >= 15 is 0 Å². The summed E-state index contributed by atoms with van der Waals surface area (Å²) in [7, 11) is 0. The van der Waals surface area contributed by atoms with Crippen molar-refractivity contribution in [2.45, 2.75) is 44.8 Å². The van der Waals surface area contributed by atoms with Crippen molar-refractivity contribution < 1.29 is 17.6 Å². The van der Waals surface area contributed by atoms with E-state index in [0.717, 1.165) is 25.8 Å². The summed E-state index contributed by atoms with van der Waals surface area (Å²) in [5, 5.41) is 3.25. The summed E-state index contributed by atoms with van der Waals surface area (Å²) in [5.41, 5.74) is -0.0803. The van der Waals surface area contributed by atoms with Gasteiger partial charge in [-0.2, -0.15) is 13.2 Å². The number of hydrogen-bond acceptors (Lipinski definition) is 3. The highest BCUT2D eigenvalue weighted by atomic mass is 19.4. The number of aromatic nitrogens is 1. The molecule has 1 saturated heterocycles. The van der Waals surface area contributed by atoms with Crippen LogP contribution in [0.3, 0.4) is 0 Å². The highest BCUT2D eigenvalue weighted by Crippen LogP contribution is 2.32. The molecule has 0 radical (unpaired) electrons. The fourth-order valence-corrected chi connectivity index (χ4v) is 2.11. The Balaban J connectivity index is 2.06. The summed E-state index contributed by atoms with van der Waals surface area (Å²) in [6.07, 6.45) is -0.840. The molecule has 0 bridgehead atoms. The van der Waals surface area contributed by atoms with Crippen LogP contribution in [0.4, 0.5) is 13.2 Å². The van der Waals surface area contributed by atoms with Crippen LogP contribution in [-0.4, -0.2) is 17.6 Å². The minimum absolute atomic E-state index is 0.0803.